The van der Waals surface area contributed by atoms with Crippen LogP contribution in [-0.2, 0) is 0 Å². The fraction of sp³-hybridized carbons (Fsp3) is 0. The molecule has 0 fully saturated rings. The molecule has 0 bridgehead atoms. The summed E-state index contributed by atoms with van der Waals surface area (Å²) in [6.07, 6.45) is 0. The van der Waals surface area contributed by atoms with Crippen LogP contribution in [0.2, 0.25) is 0 Å². The van der Waals surface area contributed by atoms with Gasteiger partial charge < -0.3 is 4.90 Å². The van der Waals surface area contributed by atoms with E-state index in [1.54, 1.807) is 0 Å². The van der Waals surface area contributed by atoms with Crippen LogP contribution in [0.4, 0.5) is 17.1 Å². The molecule has 0 atom stereocenters. The van der Waals surface area contributed by atoms with Crippen molar-refractivity contribution in [1.29, 1.82) is 0 Å². The van der Waals surface area contributed by atoms with Gasteiger partial charge in [-0.05, 0) is 131 Å². The number of hydrogen-bond acceptors (Lipinski definition) is 1. The van der Waals surface area contributed by atoms with E-state index in [-0.39, 0.29) is 0 Å². The third-order valence-electron chi connectivity index (χ3n) is 12.5. The standard InChI is InChI=1S/C64H45N/c1-5-15-46(16-6-1)47-25-27-48(28-26-47)49-29-37-57(38-30-49)65(59-41-33-54(34-42-59)62-44-35-53-21-13-14-24-61(53)64(62)55-22-11-4-12-23-55)58-39-31-50(32-40-58)56-36-43-60(51-17-7-2-8-18-51)63(45-56)52-19-9-3-10-20-52/h1-45H. The van der Waals surface area contributed by atoms with Crippen molar-refractivity contribution in [1.82, 2.24) is 0 Å². The first-order valence-electron chi connectivity index (χ1n) is 22.3. The van der Waals surface area contributed by atoms with E-state index < -0.39 is 0 Å². The molecular weight excluding hydrogens is 783 g/mol. The lowest BCUT2D eigenvalue weighted by molar-refractivity contribution is 1.28. The number of rotatable bonds is 10. The van der Waals surface area contributed by atoms with Crippen molar-refractivity contribution in [3.05, 3.63) is 273 Å². The third kappa shape index (κ3) is 8.04. The molecule has 1 heteroatoms. The van der Waals surface area contributed by atoms with Crippen molar-refractivity contribution >= 4 is 27.8 Å². The van der Waals surface area contributed by atoms with E-state index in [9.17, 15) is 0 Å². The highest BCUT2D eigenvalue weighted by atomic mass is 15.1. The Morgan fingerprint density at radius 1 is 0.200 bits per heavy atom. The van der Waals surface area contributed by atoms with Gasteiger partial charge in [0.2, 0.25) is 0 Å². The Labute approximate surface area is 381 Å². The molecule has 0 spiro atoms. The van der Waals surface area contributed by atoms with E-state index in [1.165, 1.54) is 88.7 Å². The molecular formula is C64H45N. The monoisotopic (exact) mass is 827 g/mol. The first kappa shape index (κ1) is 39.3. The van der Waals surface area contributed by atoms with E-state index in [1.807, 2.05) is 0 Å². The zero-order valence-corrected chi connectivity index (χ0v) is 35.9. The van der Waals surface area contributed by atoms with Crippen molar-refractivity contribution < 1.29 is 0 Å². The lowest BCUT2D eigenvalue weighted by Gasteiger charge is -2.26. The Balaban J connectivity index is 0.972. The minimum absolute atomic E-state index is 1.08. The van der Waals surface area contributed by atoms with Crippen molar-refractivity contribution in [2.45, 2.75) is 0 Å². The van der Waals surface area contributed by atoms with Crippen molar-refractivity contribution in [3.63, 3.8) is 0 Å². The van der Waals surface area contributed by atoms with Crippen LogP contribution in [0.15, 0.2) is 273 Å². The molecule has 0 amide bonds. The highest BCUT2D eigenvalue weighted by Gasteiger charge is 2.17. The Morgan fingerprint density at radius 2 is 0.538 bits per heavy atom. The Morgan fingerprint density at radius 3 is 1.06 bits per heavy atom. The third-order valence-corrected chi connectivity index (χ3v) is 12.5. The van der Waals surface area contributed by atoms with Crippen LogP contribution in [0, 0.1) is 0 Å². The van der Waals surface area contributed by atoms with Crippen LogP contribution in [0.5, 0.6) is 0 Å². The van der Waals surface area contributed by atoms with Gasteiger partial charge >= 0.3 is 0 Å². The molecule has 0 aliphatic rings. The summed E-state index contributed by atoms with van der Waals surface area (Å²) in [5, 5.41) is 2.49. The summed E-state index contributed by atoms with van der Waals surface area (Å²) in [5.74, 6) is 0. The van der Waals surface area contributed by atoms with Gasteiger partial charge in [-0.3, -0.25) is 0 Å². The summed E-state index contributed by atoms with van der Waals surface area (Å²) in [4.78, 5) is 2.36. The molecule has 0 unspecified atom stereocenters. The summed E-state index contributed by atoms with van der Waals surface area (Å²) in [5.41, 5.74) is 20.1. The summed E-state index contributed by atoms with van der Waals surface area (Å²) < 4.78 is 0. The largest absolute Gasteiger partial charge is 0.311 e. The quantitative estimate of drug-likeness (QED) is 0.133. The molecule has 0 saturated heterocycles. The molecule has 11 aromatic rings. The van der Waals surface area contributed by atoms with Crippen molar-refractivity contribution in [3.8, 4) is 77.9 Å². The van der Waals surface area contributed by atoms with Crippen LogP contribution < -0.4 is 4.90 Å². The van der Waals surface area contributed by atoms with Gasteiger partial charge in [0.1, 0.15) is 0 Å². The second-order valence-electron chi connectivity index (χ2n) is 16.5. The smallest absolute Gasteiger partial charge is 0.0462 e. The van der Waals surface area contributed by atoms with Gasteiger partial charge in [0, 0.05) is 17.1 Å². The van der Waals surface area contributed by atoms with Crippen LogP contribution in [0.3, 0.4) is 0 Å². The molecule has 0 radical (unpaired) electrons. The Hall–Kier alpha value is -8.52. The zero-order chi connectivity index (χ0) is 43.4. The lowest BCUT2D eigenvalue weighted by atomic mass is 9.90. The maximum absolute atomic E-state index is 2.36. The molecule has 0 saturated carbocycles. The first-order chi connectivity index (χ1) is 32.2. The summed E-state index contributed by atoms with van der Waals surface area (Å²) in [6, 6.07) is 98.7. The average Bonchev–Trinajstić information content (AvgIpc) is 3.40. The van der Waals surface area contributed by atoms with Gasteiger partial charge in [-0.15, -0.1) is 0 Å². The number of benzene rings is 11. The molecule has 0 N–H and O–H groups in total. The van der Waals surface area contributed by atoms with Crippen LogP contribution in [0.1, 0.15) is 0 Å². The van der Waals surface area contributed by atoms with Gasteiger partial charge in [0.05, 0.1) is 0 Å². The fourth-order valence-corrected chi connectivity index (χ4v) is 9.21. The summed E-state index contributed by atoms with van der Waals surface area (Å²) >= 11 is 0. The molecule has 11 rings (SSSR count). The molecule has 306 valence electrons. The van der Waals surface area contributed by atoms with Crippen LogP contribution >= 0.6 is 0 Å². The van der Waals surface area contributed by atoms with E-state index in [0.717, 1.165) is 17.1 Å². The van der Waals surface area contributed by atoms with Crippen molar-refractivity contribution in [2.75, 3.05) is 4.90 Å². The molecule has 0 aliphatic carbocycles. The minimum Gasteiger partial charge on any atom is -0.311 e. The van der Waals surface area contributed by atoms with Crippen molar-refractivity contribution in [2.24, 2.45) is 0 Å². The van der Waals surface area contributed by atoms with Crippen LogP contribution in [0.25, 0.3) is 88.7 Å². The second-order valence-corrected chi connectivity index (χ2v) is 16.5. The number of fused-ring (bicyclic) bond motifs is 1. The molecule has 0 heterocycles. The highest BCUT2D eigenvalue weighted by Crippen LogP contribution is 2.42. The minimum atomic E-state index is 1.08. The number of hydrogen-bond donors (Lipinski definition) is 0. The van der Waals surface area contributed by atoms with E-state index in [4.69, 9.17) is 0 Å². The molecule has 65 heavy (non-hydrogen) atoms. The molecule has 0 aromatic heterocycles. The molecule has 11 aromatic carbocycles. The van der Waals surface area contributed by atoms with Gasteiger partial charge in [0.25, 0.3) is 0 Å². The average molecular weight is 828 g/mol. The SMILES string of the molecule is c1ccc(-c2ccc(-c3ccc(N(c4ccc(-c5ccc(-c6ccccc6)c(-c6ccccc6)c5)cc4)c4ccc(-c5ccc6ccccc6c5-c5ccccc5)cc4)cc3)cc2)cc1. The first-order valence-corrected chi connectivity index (χ1v) is 22.3. The van der Waals surface area contributed by atoms with Gasteiger partial charge in [-0.25, -0.2) is 0 Å². The summed E-state index contributed by atoms with van der Waals surface area (Å²) in [6.45, 7) is 0. The van der Waals surface area contributed by atoms with Gasteiger partial charge in [-0.2, -0.15) is 0 Å². The topological polar surface area (TPSA) is 3.24 Å². The van der Waals surface area contributed by atoms with Gasteiger partial charge in [0.15, 0.2) is 0 Å². The van der Waals surface area contributed by atoms with Crippen LogP contribution in [-0.4, -0.2) is 0 Å². The molecule has 0 aliphatic heterocycles. The zero-order valence-electron chi connectivity index (χ0n) is 35.9. The predicted octanol–water partition coefficient (Wildman–Crippen LogP) is 18.0. The normalized spacial score (nSPS) is 11.1. The Kier molecular flexibility index (Phi) is 10.7. The van der Waals surface area contributed by atoms with E-state index in [2.05, 4.69) is 278 Å². The Bertz CT molecular complexity index is 3340. The lowest BCUT2D eigenvalue weighted by Crippen LogP contribution is -2.09. The summed E-state index contributed by atoms with van der Waals surface area (Å²) in [7, 11) is 0. The van der Waals surface area contributed by atoms with E-state index >= 15 is 0 Å². The second kappa shape index (κ2) is 17.7. The predicted molar refractivity (Wildman–Crippen MR) is 277 cm³/mol. The number of nitrogens with zero attached hydrogens (tertiary/aromatic N) is 1. The van der Waals surface area contributed by atoms with Gasteiger partial charge in [-0.1, -0.05) is 231 Å². The maximum atomic E-state index is 2.36. The fourth-order valence-electron chi connectivity index (χ4n) is 9.21. The molecule has 1 nitrogen and oxygen atoms in total. The number of anilines is 3. The van der Waals surface area contributed by atoms with E-state index in [0.29, 0.717) is 0 Å². The maximum Gasteiger partial charge on any atom is 0.0462 e. The highest BCUT2D eigenvalue weighted by molar-refractivity contribution is 6.04.